The van der Waals surface area contributed by atoms with Crippen molar-refractivity contribution in [1.82, 2.24) is 4.98 Å². The first-order valence-corrected chi connectivity index (χ1v) is 6.57. The fourth-order valence-electron chi connectivity index (χ4n) is 1.66. The lowest BCUT2D eigenvalue weighted by atomic mass is 10.2. The molecule has 0 bridgehead atoms. The van der Waals surface area contributed by atoms with Gasteiger partial charge in [0.1, 0.15) is 0 Å². The van der Waals surface area contributed by atoms with Crippen LogP contribution in [-0.2, 0) is 11.2 Å². The largest absolute Gasteiger partial charge is 0.478 e. The van der Waals surface area contributed by atoms with Gasteiger partial charge in [-0.05, 0) is 45.8 Å². The van der Waals surface area contributed by atoms with Gasteiger partial charge in [0, 0.05) is 22.6 Å². The van der Waals surface area contributed by atoms with Crippen molar-refractivity contribution >= 4 is 33.5 Å². The highest BCUT2D eigenvalue weighted by Gasteiger charge is 2.10. The van der Waals surface area contributed by atoms with Crippen LogP contribution in [0.3, 0.4) is 0 Å². The van der Waals surface area contributed by atoms with Crippen LogP contribution in [0.2, 0.25) is 0 Å². The second-order valence-corrected chi connectivity index (χ2v) is 4.94. The van der Waals surface area contributed by atoms with E-state index in [-0.39, 0.29) is 17.9 Å². The summed E-state index contributed by atoms with van der Waals surface area (Å²) in [6.45, 7) is 0. The third kappa shape index (κ3) is 3.64. The van der Waals surface area contributed by atoms with E-state index in [1.807, 2.05) is 0 Å². The molecule has 20 heavy (non-hydrogen) atoms. The standard InChI is InChI=1S/C14H11BrN2O3/c15-12-4-3-10(7-11(12)14(19)20)17-13(18)6-9-2-1-5-16-8-9/h1-5,7-8H,6H2,(H,17,18)(H,19,20). The lowest BCUT2D eigenvalue weighted by molar-refractivity contribution is -0.115. The molecule has 2 aromatic rings. The summed E-state index contributed by atoms with van der Waals surface area (Å²) in [5.41, 5.74) is 1.34. The van der Waals surface area contributed by atoms with Gasteiger partial charge >= 0.3 is 5.97 Å². The van der Waals surface area contributed by atoms with Crippen LogP contribution in [0.4, 0.5) is 5.69 Å². The maximum absolute atomic E-state index is 11.8. The average Bonchev–Trinajstić information content (AvgIpc) is 2.41. The van der Waals surface area contributed by atoms with E-state index in [9.17, 15) is 9.59 Å². The minimum Gasteiger partial charge on any atom is -0.478 e. The molecule has 1 aromatic carbocycles. The topological polar surface area (TPSA) is 79.3 Å². The minimum atomic E-state index is -1.06. The molecular weight excluding hydrogens is 324 g/mol. The Bertz CT molecular complexity index is 644. The van der Waals surface area contributed by atoms with Gasteiger partial charge in [-0.2, -0.15) is 0 Å². The molecule has 2 rings (SSSR count). The molecule has 102 valence electrons. The Labute approximate surface area is 123 Å². The number of carboxylic acid groups (broad SMARTS) is 1. The van der Waals surface area contributed by atoms with Crippen LogP contribution in [-0.4, -0.2) is 22.0 Å². The highest BCUT2D eigenvalue weighted by Crippen LogP contribution is 2.21. The van der Waals surface area contributed by atoms with Gasteiger partial charge in [0.15, 0.2) is 0 Å². The van der Waals surface area contributed by atoms with Gasteiger partial charge in [0.25, 0.3) is 0 Å². The zero-order chi connectivity index (χ0) is 14.5. The van der Waals surface area contributed by atoms with E-state index < -0.39 is 5.97 Å². The Morgan fingerprint density at radius 2 is 2.10 bits per heavy atom. The van der Waals surface area contributed by atoms with Crippen LogP contribution in [0.1, 0.15) is 15.9 Å². The summed E-state index contributed by atoms with van der Waals surface area (Å²) in [4.78, 5) is 26.8. The first kappa shape index (κ1) is 14.2. The van der Waals surface area contributed by atoms with Crippen molar-refractivity contribution in [2.24, 2.45) is 0 Å². The summed E-state index contributed by atoms with van der Waals surface area (Å²) in [7, 11) is 0. The monoisotopic (exact) mass is 334 g/mol. The van der Waals surface area contributed by atoms with Gasteiger partial charge in [0.05, 0.1) is 12.0 Å². The number of hydrogen-bond donors (Lipinski definition) is 2. The van der Waals surface area contributed by atoms with E-state index in [4.69, 9.17) is 5.11 Å². The summed E-state index contributed by atoms with van der Waals surface area (Å²) >= 11 is 3.15. The summed E-state index contributed by atoms with van der Waals surface area (Å²) < 4.78 is 0.468. The maximum Gasteiger partial charge on any atom is 0.336 e. The summed E-state index contributed by atoms with van der Waals surface area (Å²) in [5.74, 6) is -1.28. The van der Waals surface area contributed by atoms with E-state index in [0.29, 0.717) is 10.2 Å². The molecule has 0 aliphatic rings. The number of nitrogens with zero attached hydrogens (tertiary/aromatic N) is 1. The van der Waals surface area contributed by atoms with Gasteiger partial charge < -0.3 is 10.4 Å². The summed E-state index contributed by atoms with van der Waals surface area (Å²) in [5, 5.41) is 11.7. The number of carbonyl (C=O) groups excluding carboxylic acids is 1. The first-order chi connectivity index (χ1) is 9.56. The second kappa shape index (κ2) is 6.29. The van der Waals surface area contributed by atoms with E-state index in [1.54, 1.807) is 36.7 Å². The Balaban J connectivity index is 2.08. The molecule has 1 amide bonds. The highest BCUT2D eigenvalue weighted by atomic mass is 79.9. The van der Waals surface area contributed by atoms with Gasteiger partial charge in [-0.1, -0.05) is 6.07 Å². The molecule has 0 atom stereocenters. The van der Waals surface area contributed by atoms with Gasteiger partial charge in [-0.3, -0.25) is 9.78 Å². The molecule has 0 aliphatic carbocycles. The fourth-order valence-corrected chi connectivity index (χ4v) is 2.08. The number of halogens is 1. The number of aromatic nitrogens is 1. The molecule has 2 N–H and O–H groups in total. The Hall–Kier alpha value is -2.21. The van der Waals surface area contributed by atoms with Crippen LogP contribution in [0.25, 0.3) is 0 Å². The van der Waals surface area contributed by atoms with Crippen LogP contribution in [0.5, 0.6) is 0 Å². The van der Waals surface area contributed by atoms with E-state index in [2.05, 4.69) is 26.2 Å². The number of amides is 1. The molecule has 0 saturated heterocycles. The van der Waals surface area contributed by atoms with Crippen molar-refractivity contribution in [3.8, 4) is 0 Å². The number of carbonyl (C=O) groups is 2. The summed E-state index contributed by atoms with van der Waals surface area (Å²) in [6, 6.07) is 8.19. The number of hydrogen-bond acceptors (Lipinski definition) is 3. The number of nitrogens with one attached hydrogen (secondary N) is 1. The fraction of sp³-hybridized carbons (Fsp3) is 0.0714. The summed E-state index contributed by atoms with van der Waals surface area (Å²) in [6.07, 6.45) is 3.44. The van der Waals surface area contributed by atoms with Crippen molar-refractivity contribution in [2.75, 3.05) is 5.32 Å². The smallest absolute Gasteiger partial charge is 0.336 e. The Morgan fingerprint density at radius 3 is 2.75 bits per heavy atom. The van der Waals surface area contributed by atoms with Crippen molar-refractivity contribution in [3.63, 3.8) is 0 Å². The quantitative estimate of drug-likeness (QED) is 0.900. The minimum absolute atomic E-state index is 0.101. The molecule has 1 heterocycles. The Morgan fingerprint density at radius 1 is 1.30 bits per heavy atom. The SMILES string of the molecule is O=C(Cc1cccnc1)Nc1ccc(Br)c(C(=O)O)c1. The lowest BCUT2D eigenvalue weighted by Gasteiger charge is -2.07. The van der Waals surface area contributed by atoms with Crippen LogP contribution in [0, 0.1) is 0 Å². The molecule has 0 radical (unpaired) electrons. The molecule has 0 saturated carbocycles. The van der Waals surface area contributed by atoms with Crippen molar-refractivity contribution < 1.29 is 14.7 Å². The van der Waals surface area contributed by atoms with Crippen LogP contribution in [0.15, 0.2) is 47.2 Å². The van der Waals surface area contributed by atoms with Crippen LogP contribution >= 0.6 is 15.9 Å². The zero-order valence-electron chi connectivity index (χ0n) is 10.3. The lowest BCUT2D eigenvalue weighted by Crippen LogP contribution is -2.15. The number of carboxylic acids is 1. The number of benzene rings is 1. The predicted molar refractivity (Wildman–Crippen MR) is 77.7 cm³/mol. The molecule has 0 spiro atoms. The second-order valence-electron chi connectivity index (χ2n) is 4.09. The third-order valence-corrected chi connectivity index (χ3v) is 3.26. The third-order valence-electron chi connectivity index (χ3n) is 2.57. The van der Waals surface area contributed by atoms with E-state index >= 15 is 0 Å². The molecule has 5 nitrogen and oxygen atoms in total. The predicted octanol–water partition coefficient (Wildman–Crippen LogP) is 2.72. The van der Waals surface area contributed by atoms with Gasteiger partial charge in [-0.25, -0.2) is 4.79 Å². The normalized spacial score (nSPS) is 10.1. The molecule has 1 aromatic heterocycles. The molecular formula is C14H11BrN2O3. The number of pyridine rings is 1. The molecule has 0 fully saturated rings. The van der Waals surface area contributed by atoms with Gasteiger partial charge in [0.2, 0.25) is 5.91 Å². The van der Waals surface area contributed by atoms with Gasteiger partial charge in [-0.15, -0.1) is 0 Å². The Kier molecular flexibility index (Phi) is 4.47. The van der Waals surface area contributed by atoms with Crippen molar-refractivity contribution in [3.05, 3.63) is 58.3 Å². The first-order valence-electron chi connectivity index (χ1n) is 5.78. The number of aromatic carboxylic acids is 1. The van der Waals surface area contributed by atoms with Crippen LogP contribution < -0.4 is 5.32 Å². The van der Waals surface area contributed by atoms with Crippen molar-refractivity contribution in [1.29, 1.82) is 0 Å². The average molecular weight is 335 g/mol. The maximum atomic E-state index is 11.8. The van der Waals surface area contributed by atoms with E-state index in [1.165, 1.54) is 6.07 Å². The number of rotatable bonds is 4. The molecule has 0 unspecified atom stereocenters. The number of anilines is 1. The van der Waals surface area contributed by atoms with Crippen molar-refractivity contribution in [2.45, 2.75) is 6.42 Å². The molecule has 6 heteroatoms. The molecule has 0 aliphatic heterocycles. The zero-order valence-corrected chi connectivity index (χ0v) is 11.9. The highest BCUT2D eigenvalue weighted by molar-refractivity contribution is 9.10. The van der Waals surface area contributed by atoms with E-state index in [0.717, 1.165) is 5.56 Å².